The van der Waals surface area contributed by atoms with Crippen LogP contribution in [-0.4, -0.2) is 55.4 Å². The summed E-state index contributed by atoms with van der Waals surface area (Å²) in [6.45, 7) is 10.7. The van der Waals surface area contributed by atoms with Gasteiger partial charge in [0.1, 0.15) is 15.9 Å². The number of ether oxygens (including phenoxy) is 2. The lowest BCUT2D eigenvalue weighted by atomic mass is 9.97. The van der Waals surface area contributed by atoms with Crippen LogP contribution in [0.3, 0.4) is 0 Å². The Hall–Kier alpha value is -2.91. The number of hydrogen-bond acceptors (Lipinski definition) is 7. The Balaban J connectivity index is 1.74. The summed E-state index contributed by atoms with van der Waals surface area (Å²) in [5.41, 5.74) is -0.502. The predicted molar refractivity (Wildman–Crippen MR) is 156 cm³/mol. The maximum atomic E-state index is 14.0. The van der Waals surface area contributed by atoms with Gasteiger partial charge in [-0.15, -0.1) is 11.3 Å². The molecule has 1 saturated heterocycles. The molecule has 0 spiro atoms. The number of sulfone groups is 1. The number of carbonyl (C=O) groups excluding carboxylic acids is 2. The maximum Gasteiger partial charge on any atom is 0.410 e. The van der Waals surface area contributed by atoms with Crippen molar-refractivity contribution in [3.63, 3.8) is 0 Å². The maximum absolute atomic E-state index is 14.0. The number of thiophene rings is 1. The third kappa shape index (κ3) is 6.64. The average Bonchev–Trinajstić information content (AvgIpc) is 3.26. The van der Waals surface area contributed by atoms with E-state index in [-0.39, 0.29) is 31.7 Å². The molecule has 1 amide bonds. The van der Waals surface area contributed by atoms with Crippen molar-refractivity contribution in [2.24, 2.45) is 0 Å². The van der Waals surface area contributed by atoms with Gasteiger partial charge in [0.2, 0.25) is 0 Å². The molecule has 0 bridgehead atoms. The second kappa shape index (κ2) is 10.6. The van der Waals surface area contributed by atoms with Crippen molar-refractivity contribution in [3.8, 4) is 10.4 Å². The van der Waals surface area contributed by atoms with Gasteiger partial charge in [0.25, 0.3) is 0 Å². The van der Waals surface area contributed by atoms with Crippen molar-refractivity contribution in [3.05, 3.63) is 59.5 Å². The first kappa shape index (κ1) is 29.1. The first-order chi connectivity index (χ1) is 18.1. The minimum absolute atomic E-state index is 0.00375. The van der Waals surface area contributed by atoms with Gasteiger partial charge in [0.15, 0.2) is 9.84 Å². The third-order valence-corrected chi connectivity index (χ3v) is 10.5. The van der Waals surface area contributed by atoms with Gasteiger partial charge in [-0.05, 0) is 82.5 Å². The second-order valence-electron chi connectivity index (χ2n) is 12.0. The number of hydrogen-bond donors (Lipinski definition) is 0. The zero-order valence-corrected chi connectivity index (χ0v) is 25.1. The Kier molecular flexibility index (Phi) is 7.89. The number of benzene rings is 2. The molecule has 1 fully saturated rings. The summed E-state index contributed by atoms with van der Waals surface area (Å²) in [5.74, 6) is -0.865. The number of amides is 1. The molecule has 2 heterocycles. The summed E-state index contributed by atoms with van der Waals surface area (Å²) in [5, 5.41) is 2.21. The van der Waals surface area contributed by atoms with Crippen molar-refractivity contribution >= 4 is 44.0 Å². The zero-order chi connectivity index (χ0) is 28.6. The third-order valence-electron chi connectivity index (χ3n) is 6.60. The fraction of sp³-hybridized carbons (Fsp3) is 0.467. The van der Waals surface area contributed by atoms with Crippen molar-refractivity contribution in [2.45, 2.75) is 70.3 Å². The van der Waals surface area contributed by atoms with Gasteiger partial charge in [-0.2, -0.15) is 0 Å². The van der Waals surface area contributed by atoms with Gasteiger partial charge in [-0.25, -0.2) is 13.2 Å². The van der Waals surface area contributed by atoms with Gasteiger partial charge in [0, 0.05) is 22.8 Å². The van der Waals surface area contributed by atoms with Crippen molar-refractivity contribution in [1.82, 2.24) is 4.90 Å². The summed E-state index contributed by atoms with van der Waals surface area (Å²) in [6, 6.07) is 17.9. The normalized spacial score (nSPS) is 19.9. The van der Waals surface area contributed by atoms with E-state index in [4.69, 9.17) is 9.47 Å². The zero-order valence-electron chi connectivity index (χ0n) is 23.4. The molecular weight excluding hydrogens is 534 g/mol. The summed E-state index contributed by atoms with van der Waals surface area (Å²) in [6.07, 6.45) is -0.827. The molecule has 3 aromatic rings. The minimum atomic E-state index is -3.88. The number of fused-ring (bicyclic) bond motifs is 1. The largest absolute Gasteiger partial charge is 0.460 e. The topological polar surface area (TPSA) is 90.0 Å². The van der Waals surface area contributed by atoms with Crippen LogP contribution in [0.1, 0.15) is 59.3 Å². The smallest absolute Gasteiger partial charge is 0.410 e. The second-order valence-corrected chi connectivity index (χ2v) is 15.5. The first-order valence-corrected chi connectivity index (χ1v) is 15.6. The van der Waals surface area contributed by atoms with E-state index in [2.05, 4.69) is 6.07 Å². The lowest BCUT2D eigenvalue weighted by Crippen LogP contribution is -2.40. The Morgan fingerprint density at radius 1 is 0.897 bits per heavy atom. The highest BCUT2D eigenvalue weighted by Crippen LogP contribution is 2.46. The molecule has 0 saturated carbocycles. The van der Waals surface area contributed by atoms with Gasteiger partial charge < -0.3 is 14.4 Å². The summed E-state index contributed by atoms with van der Waals surface area (Å²) >= 11 is 1.37. The minimum Gasteiger partial charge on any atom is -0.460 e. The van der Waals surface area contributed by atoms with Crippen LogP contribution in [0.5, 0.6) is 0 Å². The summed E-state index contributed by atoms with van der Waals surface area (Å²) < 4.78 is 37.6. The molecule has 1 unspecified atom stereocenters. The SMILES string of the molecule is CC(C)(C)OC(=O)CC1(c2ccc(-c3ccc4ccccc4c3)s2)CCN(C(=O)OC(C)(C)C)CCS1(=O)=O. The molecule has 1 aliphatic rings. The van der Waals surface area contributed by atoms with Crippen LogP contribution >= 0.6 is 11.3 Å². The Morgan fingerprint density at radius 2 is 1.56 bits per heavy atom. The first-order valence-electron chi connectivity index (χ1n) is 13.1. The Bertz CT molecular complexity index is 1480. The monoisotopic (exact) mass is 571 g/mol. The highest BCUT2D eigenvalue weighted by molar-refractivity contribution is 7.92. The average molecular weight is 572 g/mol. The van der Waals surface area contributed by atoms with Crippen molar-refractivity contribution in [1.29, 1.82) is 0 Å². The van der Waals surface area contributed by atoms with Crippen molar-refractivity contribution < 1.29 is 27.5 Å². The number of esters is 1. The van der Waals surface area contributed by atoms with E-state index < -0.39 is 37.8 Å². The van der Waals surface area contributed by atoms with Crippen LogP contribution in [0, 0.1) is 0 Å². The summed E-state index contributed by atoms with van der Waals surface area (Å²) in [4.78, 5) is 28.9. The van der Waals surface area contributed by atoms with Crippen LogP contribution in [0.25, 0.3) is 21.2 Å². The molecule has 0 N–H and O–H groups in total. The molecule has 1 aliphatic heterocycles. The molecule has 210 valence electrons. The highest BCUT2D eigenvalue weighted by atomic mass is 32.2. The van der Waals surface area contributed by atoms with E-state index in [1.54, 1.807) is 47.6 Å². The van der Waals surface area contributed by atoms with Gasteiger partial charge in [0.05, 0.1) is 12.2 Å². The van der Waals surface area contributed by atoms with Crippen LogP contribution in [0.4, 0.5) is 4.79 Å². The van der Waals surface area contributed by atoms with E-state index in [1.165, 1.54) is 16.2 Å². The van der Waals surface area contributed by atoms with E-state index in [9.17, 15) is 18.0 Å². The lowest BCUT2D eigenvalue weighted by Gasteiger charge is -2.32. The van der Waals surface area contributed by atoms with E-state index in [0.717, 1.165) is 21.2 Å². The van der Waals surface area contributed by atoms with Crippen LogP contribution in [-0.2, 0) is 28.9 Å². The number of nitrogens with zero attached hydrogens (tertiary/aromatic N) is 1. The van der Waals surface area contributed by atoms with E-state index in [1.807, 2.05) is 42.5 Å². The van der Waals surface area contributed by atoms with Gasteiger partial charge in [-0.1, -0.05) is 36.4 Å². The highest BCUT2D eigenvalue weighted by Gasteiger charge is 2.51. The molecule has 2 aromatic carbocycles. The van der Waals surface area contributed by atoms with Crippen LogP contribution in [0.2, 0.25) is 0 Å². The van der Waals surface area contributed by atoms with Crippen molar-refractivity contribution in [2.75, 3.05) is 18.8 Å². The van der Waals surface area contributed by atoms with Crippen LogP contribution < -0.4 is 0 Å². The van der Waals surface area contributed by atoms with Crippen LogP contribution in [0.15, 0.2) is 54.6 Å². The summed E-state index contributed by atoms with van der Waals surface area (Å²) in [7, 11) is -3.88. The number of rotatable bonds is 4. The molecule has 1 atom stereocenters. The predicted octanol–water partition coefficient (Wildman–Crippen LogP) is 6.55. The van der Waals surface area contributed by atoms with Gasteiger partial charge in [-0.3, -0.25) is 4.79 Å². The molecule has 0 aliphatic carbocycles. The Labute approximate surface area is 235 Å². The number of carbonyl (C=O) groups is 2. The molecular formula is C30H37NO6S2. The quantitative estimate of drug-likeness (QED) is 0.330. The molecule has 1 aromatic heterocycles. The molecule has 4 rings (SSSR count). The molecule has 0 radical (unpaired) electrons. The molecule has 7 nitrogen and oxygen atoms in total. The van der Waals surface area contributed by atoms with Gasteiger partial charge >= 0.3 is 12.1 Å². The molecule has 39 heavy (non-hydrogen) atoms. The Morgan fingerprint density at radius 3 is 2.23 bits per heavy atom. The standard InChI is InChI=1S/C30H37NO6S2/c1-28(2,3)36-26(32)20-30(15-16-31(17-18-39(30,34)35)27(33)37-29(4,5)6)25-14-13-24(38-25)23-12-11-21-9-7-8-10-22(21)19-23/h7-14,19H,15-18,20H2,1-6H3. The van der Waals surface area contributed by atoms with E-state index >= 15 is 0 Å². The molecule has 9 heteroatoms. The fourth-order valence-electron chi connectivity index (χ4n) is 4.77. The lowest BCUT2D eigenvalue weighted by molar-refractivity contribution is -0.155. The van der Waals surface area contributed by atoms with E-state index in [0.29, 0.717) is 4.88 Å². The fourth-order valence-corrected chi connectivity index (χ4v) is 8.36.